The summed E-state index contributed by atoms with van der Waals surface area (Å²) >= 11 is 0. The van der Waals surface area contributed by atoms with Gasteiger partial charge in [-0.3, -0.25) is 9.59 Å². The van der Waals surface area contributed by atoms with Crippen LogP contribution in [0.15, 0.2) is 97.1 Å². The zero-order chi connectivity index (χ0) is 23.2. The summed E-state index contributed by atoms with van der Waals surface area (Å²) in [5.41, 5.74) is 3.32. The number of carbonyl (C=O) groups excluding carboxylic acids is 2. The third-order valence-corrected chi connectivity index (χ3v) is 5.27. The lowest BCUT2D eigenvalue weighted by Gasteiger charge is -2.10. The number of ketones is 2. The molecule has 0 amide bonds. The van der Waals surface area contributed by atoms with Crippen molar-refractivity contribution in [3.05, 3.63) is 108 Å². The highest BCUT2D eigenvalue weighted by Crippen LogP contribution is 2.33. The number of hydrogen-bond acceptors (Lipinski definition) is 4. The van der Waals surface area contributed by atoms with Crippen LogP contribution in [-0.4, -0.2) is 21.8 Å². The Labute approximate surface area is 191 Å². The molecular formula is C29H22O4. The van der Waals surface area contributed by atoms with Crippen molar-refractivity contribution < 1.29 is 19.8 Å². The molecule has 0 fully saturated rings. The first-order valence-electron chi connectivity index (χ1n) is 10.5. The zero-order valence-corrected chi connectivity index (χ0v) is 17.8. The van der Waals surface area contributed by atoms with Gasteiger partial charge in [0.25, 0.3) is 0 Å². The fourth-order valence-corrected chi connectivity index (χ4v) is 3.64. The van der Waals surface area contributed by atoms with Gasteiger partial charge < -0.3 is 10.2 Å². The highest BCUT2D eigenvalue weighted by atomic mass is 16.3. The molecule has 162 valence electrons. The van der Waals surface area contributed by atoms with Gasteiger partial charge in [0, 0.05) is 0 Å². The summed E-state index contributed by atoms with van der Waals surface area (Å²) in [7, 11) is 0. The molecule has 0 heterocycles. The summed E-state index contributed by atoms with van der Waals surface area (Å²) in [4.78, 5) is 24.6. The number of phenolic OH excluding ortho intramolecular Hbond substituents is 2. The van der Waals surface area contributed by atoms with Gasteiger partial charge in [0.1, 0.15) is 11.5 Å². The zero-order valence-electron chi connectivity index (χ0n) is 17.8. The molecule has 0 aliphatic carbocycles. The Morgan fingerprint density at radius 2 is 1.33 bits per heavy atom. The van der Waals surface area contributed by atoms with E-state index in [-0.39, 0.29) is 29.5 Å². The third kappa shape index (κ3) is 5.43. The average Bonchev–Trinajstić information content (AvgIpc) is 2.82. The molecule has 4 aromatic rings. The van der Waals surface area contributed by atoms with E-state index in [1.165, 1.54) is 24.3 Å². The number of aromatic hydroxyl groups is 2. The van der Waals surface area contributed by atoms with Crippen LogP contribution in [0.1, 0.15) is 17.5 Å². The minimum atomic E-state index is -0.331. The SMILES string of the molecule is O=C(C=Cc1ccc(O)cc1)CC(=O)C=Cc1cc(O)ccc1-c1cccc2ccccc12. The van der Waals surface area contributed by atoms with Crippen molar-refractivity contribution in [1.82, 2.24) is 0 Å². The number of phenols is 2. The van der Waals surface area contributed by atoms with E-state index in [1.807, 2.05) is 48.5 Å². The molecule has 0 atom stereocenters. The Morgan fingerprint density at radius 3 is 2.12 bits per heavy atom. The molecule has 0 spiro atoms. The molecular weight excluding hydrogens is 412 g/mol. The summed E-state index contributed by atoms with van der Waals surface area (Å²) in [5, 5.41) is 21.5. The molecule has 0 radical (unpaired) electrons. The van der Waals surface area contributed by atoms with Crippen molar-refractivity contribution in [1.29, 1.82) is 0 Å². The molecule has 4 aromatic carbocycles. The third-order valence-electron chi connectivity index (χ3n) is 5.27. The van der Waals surface area contributed by atoms with E-state index in [9.17, 15) is 19.8 Å². The van der Waals surface area contributed by atoms with Gasteiger partial charge in [-0.25, -0.2) is 0 Å². The largest absolute Gasteiger partial charge is 0.508 e. The highest BCUT2D eigenvalue weighted by Gasteiger charge is 2.09. The van der Waals surface area contributed by atoms with E-state index < -0.39 is 0 Å². The maximum atomic E-state index is 12.4. The Bertz CT molecular complexity index is 1370. The van der Waals surface area contributed by atoms with Crippen LogP contribution < -0.4 is 0 Å². The van der Waals surface area contributed by atoms with Crippen molar-refractivity contribution in [2.45, 2.75) is 6.42 Å². The number of carbonyl (C=O) groups is 2. The Balaban J connectivity index is 1.53. The second kappa shape index (κ2) is 9.79. The monoisotopic (exact) mass is 434 g/mol. The quantitative estimate of drug-likeness (QED) is 0.269. The second-order valence-corrected chi connectivity index (χ2v) is 7.67. The Morgan fingerprint density at radius 1 is 0.667 bits per heavy atom. The van der Waals surface area contributed by atoms with E-state index in [0.29, 0.717) is 5.56 Å². The predicted octanol–water partition coefficient (Wildman–Crippen LogP) is 6.17. The highest BCUT2D eigenvalue weighted by molar-refractivity contribution is 6.11. The molecule has 0 saturated heterocycles. The predicted molar refractivity (Wildman–Crippen MR) is 132 cm³/mol. The van der Waals surface area contributed by atoms with Gasteiger partial charge in [0.15, 0.2) is 11.6 Å². The van der Waals surface area contributed by atoms with Crippen molar-refractivity contribution in [3.8, 4) is 22.6 Å². The molecule has 2 N–H and O–H groups in total. The molecule has 4 heteroatoms. The number of allylic oxidation sites excluding steroid dienone is 2. The minimum Gasteiger partial charge on any atom is -0.508 e. The van der Waals surface area contributed by atoms with Gasteiger partial charge in [0.05, 0.1) is 6.42 Å². The Kier molecular flexibility index (Phi) is 6.46. The van der Waals surface area contributed by atoms with Crippen LogP contribution >= 0.6 is 0 Å². The molecule has 0 unspecified atom stereocenters. The molecule has 4 rings (SSSR count). The van der Waals surface area contributed by atoms with Gasteiger partial charge in [-0.05, 0) is 69.4 Å². The molecule has 0 aliphatic rings. The van der Waals surface area contributed by atoms with E-state index in [4.69, 9.17) is 0 Å². The van der Waals surface area contributed by atoms with E-state index >= 15 is 0 Å². The lowest BCUT2D eigenvalue weighted by molar-refractivity contribution is -0.121. The van der Waals surface area contributed by atoms with Crippen LogP contribution in [0.25, 0.3) is 34.1 Å². The molecule has 0 bridgehead atoms. The second-order valence-electron chi connectivity index (χ2n) is 7.67. The molecule has 0 aliphatic heterocycles. The van der Waals surface area contributed by atoms with Gasteiger partial charge in [-0.1, -0.05) is 72.8 Å². The fraction of sp³-hybridized carbons (Fsp3) is 0.0345. The van der Waals surface area contributed by atoms with Crippen LogP contribution in [0.5, 0.6) is 11.5 Å². The smallest absolute Gasteiger partial charge is 0.163 e. The van der Waals surface area contributed by atoms with Crippen LogP contribution in [0.3, 0.4) is 0 Å². The molecule has 4 nitrogen and oxygen atoms in total. The van der Waals surface area contributed by atoms with Gasteiger partial charge in [-0.2, -0.15) is 0 Å². The average molecular weight is 434 g/mol. The van der Waals surface area contributed by atoms with Crippen molar-refractivity contribution in [3.63, 3.8) is 0 Å². The minimum absolute atomic E-state index is 0.0963. The summed E-state index contributed by atoms with van der Waals surface area (Å²) < 4.78 is 0. The van der Waals surface area contributed by atoms with Crippen molar-refractivity contribution >= 4 is 34.5 Å². The van der Waals surface area contributed by atoms with Crippen LogP contribution in [-0.2, 0) is 9.59 Å². The number of hydrogen-bond donors (Lipinski definition) is 2. The Hall–Kier alpha value is -4.44. The lowest BCUT2D eigenvalue weighted by atomic mass is 9.94. The maximum Gasteiger partial charge on any atom is 0.163 e. The standard InChI is InChI=1S/C29H22O4/c30-23-12-8-20(9-13-23)10-14-25(32)19-26(33)15-11-22-18-24(31)16-17-28(22)29-7-3-5-21-4-1-2-6-27(21)29/h1-18,30-31H,19H2. The molecule has 33 heavy (non-hydrogen) atoms. The topological polar surface area (TPSA) is 74.6 Å². The number of benzene rings is 4. The van der Waals surface area contributed by atoms with Gasteiger partial charge >= 0.3 is 0 Å². The van der Waals surface area contributed by atoms with Gasteiger partial charge in [0.2, 0.25) is 0 Å². The summed E-state index contributed by atoms with van der Waals surface area (Å²) in [6, 6.07) is 25.5. The first-order chi connectivity index (χ1) is 16.0. The summed E-state index contributed by atoms with van der Waals surface area (Å²) in [6.07, 6.45) is 5.71. The lowest BCUT2D eigenvalue weighted by Crippen LogP contribution is -2.02. The summed E-state index contributed by atoms with van der Waals surface area (Å²) in [5.74, 6) is -0.405. The van der Waals surface area contributed by atoms with E-state index in [2.05, 4.69) is 0 Å². The van der Waals surface area contributed by atoms with E-state index in [0.717, 1.165) is 27.5 Å². The first-order valence-corrected chi connectivity index (χ1v) is 10.5. The summed E-state index contributed by atoms with van der Waals surface area (Å²) in [6.45, 7) is 0. The fourth-order valence-electron chi connectivity index (χ4n) is 3.64. The maximum absolute atomic E-state index is 12.4. The van der Waals surface area contributed by atoms with E-state index in [1.54, 1.807) is 36.4 Å². The van der Waals surface area contributed by atoms with Crippen LogP contribution in [0.4, 0.5) is 0 Å². The number of rotatable bonds is 7. The normalized spacial score (nSPS) is 11.4. The van der Waals surface area contributed by atoms with Gasteiger partial charge in [-0.15, -0.1) is 0 Å². The van der Waals surface area contributed by atoms with Crippen LogP contribution in [0.2, 0.25) is 0 Å². The van der Waals surface area contributed by atoms with Crippen molar-refractivity contribution in [2.75, 3.05) is 0 Å². The molecule has 0 saturated carbocycles. The van der Waals surface area contributed by atoms with Crippen LogP contribution in [0, 0.1) is 0 Å². The molecule has 0 aromatic heterocycles. The van der Waals surface area contributed by atoms with Crippen molar-refractivity contribution in [2.24, 2.45) is 0 Å². The number of fused-ring (bicyclic) bond motifs is 1. The first kappa shape index (κ1) is 21.8.